The van der Waals surface area contributed by atoms with E-state index in [2.05, 4.69) is 319 Å². The van der Waals surface area contributed by atoms with Crippen LogP contribution in [0.1, 0.15) is 5.56 Å². The number of nitrogens with zero attached hydrogens (tertiary/aromatic N) is 2. The van der Waals surface area contributed by atoms with E-state index in [0.717, 1.165) is 5.69 Å². The molecule has 14 rings (SSSR count). The first kappa shape index (κ1) is 46.2. The SMILES string of the molecule is Cc1cc(-c2cccc3c2c2ccccc2n3-c2cccc3c2c2ccccc2n3-c2ccc([Si](c3ccccc3)(c3ccccc3)c3ccccc3)cc2)ccc1-c1ccccc1[SiH](c1ccccc1)c1ccccc1. The topological polar surface area (TPSA) is 9.86 Å². The van der Waals surface area contributed by atoms with Crippen LogP contribution in [0.25, 0.3) is 77.2 Å². The summed E-state index contributed by atoms with van der Waals surface area (Å²) >= 11 is 0. The van der Waals surface area contributed by atoms with Gasteiger partial charge >= 0.3 is 0 Å². The zero-order valence-corrected chi connectivity index (χ0v) is 45.0. The zero-order valence-electron chi connectivity index (χ0n) is 42.8. The Kier molecular flexibility index (Phi) is 11.7. The van der Waals surface area contributed by atoms with Crippen molar-refractivity contribution in [2.45, 2.75) is 6.92 Å². The van der Waals surface area contributed by atoms with Crippen molar-refractivity contribution in [3.63, 3.8) is 0 Å². The Morgan fingerprint density at radius 3 is 1.34 bits per heavy atom. The van der Waals surface area contributed by atoms with Crippen molar-refractivity contribution in [3.8, 4) is 33.6 Å². The summed E-state index contributed by atoms with van der Waals surface area (Å²) in [7, 11) is -4.50. The number of hydrogen-bond acceptors (Lipinski definition) is 0. The lowest BCUT2D eigenvalue weighted by Gasteiger charge is -2.34. The highest BCUT2D eigenvalue weighted by Gasteiger charge is 2.41. The van der Waals surface area contributed by atoms with Gasteiger partial charge in [0.1, 0.15) is 8.80 Å². The average molecular weight is 1020 g/mol. The van der Waals surface area contributed by atoms with Gasteiger partial charge in [-0.2, -0.15) is 0 Å². The summed E-state index contributed by atoms with van der Waals surface area (Å²) in [6.45, 7) is 2.29. The number of rotatable bonds is 11. The van der Waals surface area contributed by atoms with Crippen molar-refractivity contribution in [2.75, 3.05) is 0 Å². The smallest absolute Gasteiger partial charge is 0.179 e. The van der Waals surface area contributed by atoms with Crippen LogP contribution in [0, 0.1) is 6.92 Å². The van der Waals surface area contributed by atoms with Gasteiger partial charge in [0.15, 0.2) is 8.07 Å². The van der Waals surface area contributed by atoms with E-state index < -0.39 is 16.9 Å². The first-order valence-electron chi connectivity index (χ1n) is 26.8. The molecule has 2 heterocycles. The molecule has 0 bridgehead atoms. The van der Waals surface area contributed by atoms with Gasteiger partial charge in [0.2, 0.25) is 0 Å². The van der Waals surface area contributed by atoms with E-state index in [9.17, 15) is 0 Å². The third-order valence-electron chi connectivity index (χ3n) is 16.2. The largest absolute Gasteiger partial charge is 0.309 e. The summed E-state index contributed by atoms with van der Waals surface area (Å²) < 4.78 is 4.99. The third-order valence-corrected chi connectivity index (χ3v) is 24.2. The van der Waals surface area contributed by atoms with Crippen molar-refractivity contribution >= 4 is 96.8 Å². The molecule has 12 aromatic carbocycles. The Labute approximate surface area is 452 Å². The van der Waals surface area contributed by atoms with Crippen LogP contribution in [0.15, 0.2) is 303 Å². The van der Waals surface area contributed by atoms with Gasteiger partial charge in [-0.05, 0) is 103 Å². The predicted octanol–water partition coefficient (Wildman–Crippen LogP) is 13.1. The molecule has 4 heteroatoms. The summed E-state index contributed by atoms with van der Waals surface area (Å²) in [6.07, 6.45) is 0. The van der Waals surface area contributed by atoms with Crippen LogP contribution in [0.3, 0.4) is 0 Å². The molecule has 0 aliphatic rings. The minimum absolute atomic E-state index is 1.14. The van der Waals surface area contributed by atoms with E-state index in [1.165, 1.54) is 113 Å². The van der Waals surface area contributed by atoms with Crippen molar-refractivity contribution in [3.05, 3.63) is 309 Å². The van der Waals surface area contributed by atoms with Crippen molar-refractivity contribution in [1.82, 2.24) is 9.13 Å². The summed E-state index contributed by atoms with van der Waals surface area (Å²) in [4.78, 5) is 0. The molecule has 0 unspecified atom stereocenters. The fourth-order valence-electron chi connectivity index (χ4n) is 12.9. The van der Waals surface area contributed by atoms with Crippen LogP contribution in [0.2, 0.25) is 0 Å². The number of aryl methyl sites for hydroxylation is 1. The molecule has 0 aliphatic carbocycles. The standard InChI is InChI=1S/C73H54N2Si2/c1-52-51-53(45-50-61(52)63-35-19-22-44-71(63)76(55-25-7-2-8-26-55)56-27-9-3-10-28-56)62-38-23-41-68-72(62)64-36-17-21-40-67(64)75(68)70-43-24-42-69-73(70)65-37-18-20-39-66(65)74(69)54-46-48-60(49-47-54)77(57-29-11-4-12-30-57,58-31-13-5-14-32-58)59-33-15-6-16-34-59/h2-51,76H,1H3. The van der Waals surface area contributed by atoms with E-state index >= 15 is 0 Å². The highest BCUT2D eigenvalue weighted by molar-refractivity contribution is 7.19. The second kappa shape index (κ2) is 19.4. The Morgan fingerprint density at radius 2 is 0.753 bits per heavy atom. The Balaban J connectivity index is 0.909. The summed E-state index contributed by atoms with van der Waals surface area (Å²) in [6, 6.07) is 113. The number of fused-ring (bicyclic) bond motifs is 6. The number of benzene rings is 12. The highest BCUT2D eigenvalue weighted by atomic mass is 28.3. The molecule has 364 valence electrons. The number of para-hydroxylation sites is 2. The van der Waals surface area contributed by atoms with E-state index in [-0.39, 0.29) is 0 Å². The molecular weight excluding hydrogens is 961 g/mol. The first-order valence-corrected chi connectivity index (χ1v) is 30.5. The third kappa shape index (κ3) is 7.67. The van der Waals surface area contributed by atoms with Crippen LogP contribution >= 0.6 is 0 Å². The molecule has 0 saturated carbocycles. The zero-order chi connectivity index (χ0) is 51.3. The Hall–Kier alpha value is -9.33. The van der Waals surface area contributed by atoms with Crippen LogP contribution in [0.5, 0.6) is 0 Å². The van der Waals surface area contributed by atoms with Crippen molar-refractivity contribution < 1.29 is 0 Å². The number of aromatic nitrogens is 2. The fourth-order valence-corrected chi connectivity index (χ4v) is 20.8. The maximum absolute atomic E-state index is 2.71. The minimum atomic E-state index is -2.71. The van der Waals surface area contributed by atoms with Gasteiger partial charge in [-0.3, -0.25) is 0 Å². The Morgan fingerprint density at radius 1 is 0.312 bits per heavy atom. The molecule has 0 spiro atoms. The second-order valence-electron chi connectivity index (χ2n) is 20.3. The maximum Gasteiger partial charge on any atom is 0.179 e. The highest BCUT2D eigenvalue weighted by Crippen LogP contribution is 2.43. The van der Waals surface area contributed by atoms with Crippen LogP contribution in [0.4, 0.5) is 0 Å². The Bertz CT molecular complexity index is 4300. The van der Waals surface area contributed by atoms with Crippen LogP contribution < -0.4 is 36.3 Å². The van der Waals surface area contributed by atoms with E-state index in [1.807, 2.05) is 0 Å². The van der Waals surface area contributed by atoms with Gasteiger partial charge in [-0.25, -0.2) is 0 Å². The molecule has 0 saturated heterocycles. The lowest BCUT2D eigenvalue weighted by molar-refractivity contribution is 1.17. The van der Waals surface area contributed by atoms with Gasteiger partial charge < -0.3 is 9.13 Å². The quantitative estimate of drug-likeness (QED) is 0.0903. The van der Waals surface area contributed by atoms with Gasteiger partial charge in [0, 0.05) is 27.2 Å². The molecule has 2 aromatic heterocycles. The van der Waals surface area contributed by atoms with Gasteiger partial charge in [-0.15, -0.1) is 0 Å². The second-order valence-corrected chi connectivity index (χ2v) is 27.0. The molecule has 0 N–H and O–H groups in total. The van der Waals surface area contributed by atoms with Gasteiger partial charge in [0.05, 0.1) is 27.8 Å². The lowest BCUT2D eigenvalue weighted by atomic mass is 9.93. The average Bonchev–Trinajstić information content (AvgIpc) is 4.22. The molecular formula is C73H54N2Si2. The van der Waals surface area contributed by atoms with E-state index in [0.29, 0.717) is 0 Å². The normalized spacial score (nSPS) is 11.8. The van der Waals surface area contributed by atoms with E-state index in [4.69, 9.17) is 0 Å². The predicted molar refractivity (Wildman–Crippen MR) is 333 cm³/mol. The van der Waals surface area contributed by atoms with Crippen LogP contribution in [-0.2, 0) is 0 Å². The summed E-state index contributed by atoms with van der Waals surface area (Å²) in [5.74, 6) is 0. The maximum atomic E-state index is 2.52. The molecule has 0 atom stereocenters. The number of hydrogen-bond donors (Lipinski definition) is 0. The minimum Gasteiger partial charge on any atom is -0.309 e. The lowest BCUT2D eigenvalue weighted by Crippen LogP contribution is -2.74. The summed E-state index contributed by atoms with van der Waals surface area (Å²) in [5, 5.41) is 14.7. The molecule has 77 heavy (non-hydrogen) atoms. The molecule has 14 aromatic rings. The summed E-state index contributed by atoms with van der Waals surface area (Å²) in [5.41, 5.74) is 13.4. The van der Waals surface area contributed by atoms with Crippen LogP contribution in [-0.4, -0.2) is 26.0 Å². The molecule has 0 aliphatic heterocycles. The first-order chi connectivity index (χ1) is 38.2. The molecule has 0 amide bonds. The van der Waals surface area contributed by atoms with Crippen molar-refractivity contribution in [1.29, 1.82) is 0 Å². The van der Waals surface area contributed by atoms with Crippen molar-refractivity contribution in [2.24, 2.45) is 0 Å². The molecule has 2 nitrogen and oxygen atoms in total. The molecule has 0 radical (unpaired) electrons. The van der Waals surface area contributed by atoms with Gasteiger partial charge in [-0.1, -0.05) is 271 Å². The van der Waals surface area contributed by atoms with E-state index in [1.54, 1.807) is 0 Å². The fraction of sp³-hybridized carbons (Fsp3) is 0.0137. The van der Waals surface area contributed by atoms with Gasteiger partial charge in [0.25, 0.3) is 0 Å². The monoisotopic (exact) mass is 1010 g/mol. The molecule has 0 fully saturated rings.